The Hall–Kier alpha value is -2.73. The number of piperidine rings is 1. The molecule has 2 aromatic carbocycles. The summed E-state index contributed by atoms with van der Waals surface area (Å²) >= 11 is 0. The largest absolute Gasteiger partial charge is 0.496 e. The quantitative estimate of drug-likeness (QED) is 0.591. The lowest BCUT2D eigenvalue weighted by molar-refractivity contribution is -0.119. The highest BCUT2D eigenvalue weighted by Crippen LogP contribution is 2.34. The van der Waals surface area contributed by atoms with E-state index in [2.05, 4.69) is 11.0 Å². The summed E-state index contributed by atoms with van der Waals surface area (Å²) in [6, 6.07) is 14.1. The minimum absolute atomic E-state index is 0.165. The Morgan fingerprint density at radius 1 is 0.968 bits per heavy atom. The molecule has 0 radical (unpaired) electrons. The summed E-state index contributed by atoms with van der Waals surface area (Å²) in [5, 5.41) is 0. The van der Waals surface area contributed by atoms with Gasteiger partial charge in [-0.25, -0.2) is 0 Å². The van der Waals surface area contributed by atoms with Gasteiger partial charge in [-0.2, -0.15) is 0 Å². The number of hydrogen-bond acceptors (Lipinski definition) is 5. The maximum atomic E-state index is 13.1. The Labute approximate surface area is 185 Å². The number of likely N-dealkylation sites (tertiary alicyclic amines) is 1. The number of benzene rings is 2. The molecule has 1 fully saturated rings. The molecule has 1 aliphatic heterocycles. The average Bonchev–Trinajstić information content (AvgIpc) is 2.80. The lowest BCUT2D eigenvalue weighted by Crippen LogP contribution is -2.47. The van der Waals surface area contributed by atoms with E-state index in [1.54, 1.807) is 21.3 Å². The Morgan fingerprint density at radius 2 is 1.65 bits per heavy atom. The van der Waals surface area contributed by atoms with Gasteiger partial charge in [0.05, 0.1) is 21.3 Å². The average molecular weight is 427 g/mol. The van der Waals surface area contributed by atoms with Crippen molar-refractivity contribution in [1.82, 2.24) is 4.90 Å². The van der Waals surface area contributed by atoms with Crippen molar-refractivity contribution in [2.24, 2.45) is 0 Å². The highest BCUT2D eigenvalue weighted by atomic mass is 16.5. The molecule has 0 atom stereocenters. The molecule has 6 heteroatoms. The Kier molecular flexibility index (Phi) is 8.18. The van der Waals surface area contributed by atoms with E-state index in [1.807, 2.05) is 48.2 Å². The number of nitrogens with zero attached hydrogens (tertiary/aromatic N) is 2. The van der Waals surface area contributed by atoms with Gasteiger partial charge in [-0.1, -0.05) is 25.1 Å². The molecule has 0 bridgehead atoms. The molecule has 1 heterocycles. The monoisotopic (exact) mass is 426 g/mol. The van der Waals surface area contributed by atoms with Crippen molar-refractivity contribution in [2.75, 3.05) is 39.3 Å². The third-order valence-electron chi connectivity index (χ3n) is 5.89. The zero-order valence-electron chi connectivity index (χ0n) is 19.1. The number of para-hydroxylation sites is 1. The molecule has 0 spiro atoms. The van der Waals surface area contributed by atoms with Crippen LogP contribution >= 0.6 is 0 Å². The van der Waals surface area contributed by atoms with E-state index in [0.717, 1.165) is 50.3 Å². The van der Waals surface area contributed by atoms with E-state index in [0.29, 0.717) is 17.9 Å². The zero-order valence-corrected chi connectivity index (χ0v) is 19.1. The summed E-state index contributed by atoms with van der Waals surface area (Å²) in [6.07, 6.45) is 3.23. The lowest BCUT2D eigenvalue weighted by atomic mass is 10.0. The fraction of sp³-hybridized carbons (Fsp3) is 0.480. The van der Waals surface area contributed by atoms with Crippen molar-refractivity contribution in [2.45, 2.75) is 45.2 Å². The number of carbonyl (C=O) groups is 1. The minimum atomic E-state index is 0.165. The first kappa shape index (κ1) is 22.9. The van der Waals surface area contributed by atoms with Crippen molar-refractivity contribution < 1.29 is 19.0 Å². The predicted octanol–water partition coefficient (Wildman–Crippen LogP) is 4.51. The maximum absolute atomic E-state index is 13.1. The van der Waals surface area contributed by atoms with Crippen LogP contribution in [-0.4, -0.2) is 51.3 Å². The molecule has 0 aromatic heterocycles. The van der Waals surface area contributed by atoms with E-state index in [4.69, 9.17) is 14.2 Å². The summed E-state index contributed by atoms with van der Waals surface area (Å²) < 4.78 is 16.3. The fourth-order valence-corrected chi connectivity index (χ4v) is 4.28. The predicted molar refractivity (Wildman–Crippen MR) is 123 cm³/mol. The fourth-order valence-electron chi connectivity index (χ4n) is 4.28. The molecular weight excluding hydrogens is 392 g/mol. The first-order valence-electron chi connectivity index (χ1n) is 11.0. The van der Waals surface area contributed by atoms with Gasteiger partial charge in [0.15, 0.2) is 11.5 Å². The molecule has 1 aliphatic rings. The normalized spacial score (nSPS) is 14.8. The number of amides is 1. The van der Waals surface area contributed by atoms with Gasteiger partial charge in [-0.3, -0.25) is 9.69 Å². The van der Waals surface area contributed by atoms with Gasteiger partial charge in [0.1, 0.15) is 5.75 Å². The zero-order chi connectivity index (χ0) is 22.2. The number of carbonyl (C=O) groups excluding carboxylic acids is 1. The third-order valence-corrected chi connectivity index (χ3v) is 5.89. The van der Waals surface area contributed by atoms with Crippen LogP contribution in [0.3, 0.4) is 0 Å². The topological polar surface area (TPSA) is 51.2 Å². The Morgan fingerprint density at radius 3 is 2.29 bits per heavy atom. The van der Waals surface area contributed by atoms with Gasteiger partial charge < -0.3 is 19.1 Å². The summed E-state index contributed by atoms with van der Waals surface area (Å²) in [6.45, 7) is 4.77. The second kappa shape index (κ2) is 11.0. The third kappa shape index (κ3) is 5.50. The molecule has 0 N–H and O–H groups in total. The van der Waals surface area contributed by atoms with Crippen LogP contribution in [0.5, 0.6) is 17.2 Å². The van der Waals surface area contributed by atoms with E-state index in [1.165, 1.54) is 5.56 Å². The smallest absolute Gasteiger partial charge is 0.227 e. The van der Waals surface area contributed by atoms with Crippen LogP contribution in [0.1, 0.15) is 38.2 Å². The Balaban J connectivity index is 1.74. The van der Waals surface area contributed by atoms with Gasteiger partial charge in [0, 0.05) is 49.4 Å². The lowest BCUT2D eigenvalue weighted by Gasteiger charge is -2.39. The molecule has 31 heavy (non-hydrogen) atoms. The van der Waals surface area contributed by atoms with Gasteiger partial charge in [-0.05, 0) is 37.5 Å². The van der Waals surface area contributed by atoms with Crippen molar-refractivity contribution in [3.8, 4) is 17.2 Å². The Bertz CT molecular complexity index is 862. The molecule has 1 amide bonds. The van der Waals surface area contributed by atoms with Crippen LogP contribution in [-0.2, 0) is 11.3 Å². The van der Waals surface area contributed by atoms with Crippen molar-refractivity contribution >= 4 is 11.6 Å². The highest BCUT2D eigenvalue weighted by molar-refractivity contribution is 5.94. The van der Waals surface area contributed by atoms with Crippen LogP contribution in [0.4, 0.5) is 5.69 Å². The number of rotatable bonds is 9. The SMILES string of the molecule is CCCC(=O)N(c1ccc(OC)c(OC)c1)C1CCN(Cc2ccccc2OC)CC1. The second-order valence-corrected chi connectivity index (χ2v) is 7.87. The first-order chi connectivity index (χ1) is 15.1. The number of ether oxygens (including phenoxy) is 3. The standard InChI is InChI=1S/C25H34N2O4/c1-5-8-25(28)27(21-11-12-23(30-3)24(17-21)31-4)20-13-15-26(16-14-20)18-19-9-6-7-10-22(19)29-2/h6-7,9-12,17,20H,5,8,13-16,18H2,1-4H3. The first-order valence-corrected chi connectivity index (χ1v) is 11.0. The number of methoxy groups -OCH3 is 3. The molecule has 0 unspecified atom stereocenters. The van der Waals surface area contributed by atoms with Gasteiger partial charge in [0.2, 0.25) is 5.91 Å². The van der Waals surface area contributed by atoms with Gasteiger partial charge >= 0.3 is 0 Å². The number of anilines is 1. The number of hydrogen-bond donors (Lipinski definition) is 0. The van der Waals surface area contributed by atoms with E-state index < -0.39 is 0 Å². The molecule has 0 saturated carbocycles. The van der Waals surface area contributed by atoms with E-state index in [-0.39, 0.29) is 11.9 Å². The van der Waals surface area contributed by atoms with Crippen LogP contribution in [0.2, 0.25) is 0 Å². The van der Waals surface area contributed by atoms with Crippen molar-refractivity contribution in [1.29, 1.82) is 0 Å². The summed E-state index contributed by atoms with van der Waals surface area (Å²) in [7, 11) is 4.95. The van der Waals surface area contributed by atoms with E-state index in [9.17, 15) is 4.79 Å². The molecule has 1 saturated heterocycles. The van der Waals surface area contributed by atoms with Gasteiger partial charge in [0.25, 0.3) is 0 Å². The second-order valence-electron chi connectivity index (χ2n) is 7.87. The molecule has 0 aliphatic carbocycles. The van der Waals surface area contributed by atoms with Crippen LogP contribution in [0.15, 0.2) is 42.5 Å². The molecule has 6 nitrogen and oxygen atoms in total. The molecule has 2 aromatic rings. The van der Waals surface area contributed by atoms with Crippen LogP contribution < -0.4 is 19.1 Å². The van der Waals surface area contributed by atoms with Crippen LogP contribution in [0, 0.1) is 0 Å². The molecular formula is C25H34N2O4. The highest BCUT2D eigenvalue weighted by Gasteiger charge is 2.29. The van der Waals surface area contributed by atoms with Crippen molar-refractivity contribution in [3.05, 3.63) is 48.0 Å². The maximum Gasteiger partial charge on any atom is 0.227 e. The van der Waals surface area contributed by atoms with Gasteiger partial charge in [-0.15, -0.1) is 0 Å². The molecule has 3 rings (SSSR count). The minimum Gasteiger partial charge on any atom is -0.496 e. The summed E-state index contributed by atoms with van der Waals surface area (Å²) in [5.74, 6) is 2.40. The summed E-state index contributed by atoms with van der Waals surface area (Å²) in [5.41, 5.74) is 2.07. The van der Waals surface area contributed by atoms with Crippen molar-refractivity contribution in [3.63, 3.8) is 0 Å². The van der Waals surface area contributed by atoms with Crippen LogP contribution in [0.25, 0.3) is 0 Å². The van der Waals surface area contributed by atoms with E-state index >= 15 is 0 Å². The summed E-state index contributed by atoms with van der Waals surface area (Å²) in [4.78, 5) is 17.5. The molecule has 168 valence electrons.